The van der Waals surface area contributed by atoms with E-state index in [1.165, 1.54) is 6.07 Å². The molecule has 1 fully saturated rings. The Morgan fingerprint density at radius 2 is 2.24 bits per heavy atom. The van der Waals surface area contributed by atoms with E-state index in [9.17, 15) is 13.6 Å². The molecule has 17 heavy (non-hydrogen) atoms. The highest BCUT2D eigenvalue weighted by atomic mass is 19.1. The number of rotatable bonds is 1. The van der Waals surface area contributed by atoms with Crippen LogP contribution < -0.4 is 5.32 Å². The molecule has 1 aromatic carbocycles. The van der Waals surface area contributed by atoms with E-state index in [0.717, 1.165) is 17.0 Å². The molecule has 1 aliphatic heterocycles. The van der Waals surface area contributed by atoms with E-state index in [1.54, 1.807) is 0 Å². The molecule has 0 radical (unpaired) electrons. The van der Waals surface area contributed by atoms with Gasteiger partial charge in [-0.1, -0.05) is 6.07 Å². The third-order valence-electron chi connectivity index (χ3n) is 2.81. The van der Waals surface area contributed by atoms with Crippen molar-refractivity contribution < 1.29 is 18.7 Å². The van der Waals surface area contributed by atoms with Gasteiger partial charge in [0.25, 0.3) is 0 Å². The van der Waals surface area contributed by atoms with E-state index >= 15 is 0 Å². The number of piperazine rings is 1. The average molecular weight is 242 g/mol. The molecule has 0 bridgehead atoms. The zero-order valence-corrected chi connectivity index (χ0v) is 8.99. The number of carbonyl (C=O) groups is 1. The Labute approximate surface area is 96.8 Å². The van der Waals surface area contributed by atoms with Crippen LogP contribution in [0.2, 0.25) is 0 Å². The van der Waals surface area contributed by atoms with Gasteiger partial charge in [0.05, 0.1) is 6.04 Å². The fourth-order valence-corrected chi connectivity index (χ4v) is 1.98. The number of benzene rings is 1. The van der Waals surface area contributed by atoms with Crippen molar-refractivity contribution >= 4 is 6.09 Å². The highest BCUT2D eigenvalue weighted by Crippen LogP contribution is 2.25. The maximum atomic E-state index is 13.6. The van der Waals surface area contributed by atoms with Gasteiger partial charge in [-0.05, 0) is 6.07 Å². The molecule has 4 nitrogen and oxygen atoms in total. The number of amides is 1. The molecule has 2 rings (SSSR count). The summed E-state index contributed by atoms with van der Waals surface area (Å²) in [6.07, 6.45) is -1.10. The van der Waals surface area contributed by atoms with E-state index < -0.39 is 23.8 Å². The van der Waals surface area contributed by atoms with Crippen molar-refractivity contribution in [3.8, 4) is 0 Å². The van der Waals surface area contributed by atoms with Crippen LogP contribution in [0.25, 0.3) is 0 Å². The number of hydrogen-bond acceptors (Lipinski definition) is 2. The molecule has 0 aromatic heterocycles. The fraction of sp³-hybridized carbons (Fsp3) is 0.364. The normalized spacial score (nSPS) is 20.4. The zero-order valence-electron chi connectivity index (χ0n) is 8.99. The minimum absolute atomic E-state index is 0.195. The van der Waals surface area contributed by atoms with Gasteiger partial charge in [0.15, 0.2) is 0 Å². The van der Waals surface area contributed by atoms with Gasteiger partial charge in [0.2, 0.25) is 0 Å². The van der Waals surface area contributed by atoms with E-state index in [4.69, 9.17) is 5.11 Å². The van der Waals surface area contributed by atoms with Crippen LogP contribution in [0.4, 0.5) is 13.6 Å². The molecule has 1 amide bonds. The Kier molecular flexibility index (Phi) is 3.23. The number of nitrogens with zero attached hydrogens (tertiary/aromatic N) is 1. The van der Waals surface area contributed by atoms with Crippen molar-refractivity contribution in [3.63, 3.8) is 0 Å². The molecule has 92 valence electrons. The number of nitrogens with one attached hydrogen (secondary N) is 1. The second-order valence-electron chi connectivity index (χ2n) is 3.86. The van der Waals surface area contributed by atoms with Crippen LogP contribution in [0.15, 0.2) is 18.2 Å². The van der Waals surface area contributed by atoms with Gasteiger partial charge in [-0.3, -0.25) is 4.90 Å². The van der Waals surface area contributed by atoms with E-state index in [1.807, 2.05) is 0 Å². The largest absolute Gasteiger partial charge is 0.465 e. The van der Waals surface area contributed by atoms with Crippen molar-refractivity contribution in [3.05, 3.63) is 35.4 Å². The van der Waals surface area contributed by atoms with Gasteiger partial charge in [0, 0.05) is 31.3 Å². The number of halogens is 2. The Balaban J connectivity index is 2.32. The summed E-state index contributed by atoms with van der Waals surface area (Å²) < 4.78 is 26.4. The lowest BCUT2D eigenvalue weighted by Gasteiger charge is -2.34. The topological polar surface area (TPSA) is 52.6 Å². The molecule has 0 spiro atoms. The predicted octanol–water partition coefficient (Wildman–Crippen LogP) is 1.59. The Hall–Kier alpha value is -1.69. The Bertz CT molecular complexity index is 439. The summed E-state index contributed by atoms with van der Waals surface area (Å²) in [5, 5.41) is 12.0. The summed E-state index contributed by atoms with van der Waals surface area (Å²) in [5.41, 5.74) is 0.195. The highest BCUT2D eigenvalue weighted by molar-refractivity contribution is 5.66. The molecule has 1 saturated heterocycles. The van der Waals surface area contributed by atoms with Crippen LogP contribution in [0.5, 0.6) is 0 Å². The maximum Gasteiger partial charge on any atom is 0.407 e. The lowest BCUT2D eigenvalue weighted by Crippen LogP contribution is -2.48. The van der Waals surface area contributed by atoms with Crippen molar-refractivity contribution in [2.24, 2.45) is 0 Å². The molecule has 0 saturated carbocycles. The molecular weight excluding hydrogens is 230 g/mol. The van der Waals surface area contributed by atoms with Gasteiger partial charge < -0.3 is 10.4 Å². The van der Waals surface area contributed by atoms with Gasteiger partial charge in [-0.15, -0.1) is 0 Å². The van der Waals surface area contributed by atoms with E-state index in [2.05, 4.69) is 5.32 Å². The molecule has 6 heteroatoms. The molecule has 1 aromatic rings. The summed E-state index contributed by atoms with van der Waals surface area (Å²) >= 11 is 0. The molecule has 1 unspecified atom stereocenters. The van der Waals surface area contributed by atoms with Crippen LogP contribution >= 0.6 is 0 Å². The first-order valence-electron chi connectivity index (χ1n) is 5.25. The number of hydrogen-bond donors (Lipinski definition) is 2. The van der Waals surface area contributed by atoms with Crippen molar-refractivity contribution in [2.75, 3.05) is 19.6 Å². The maximum absolute atomic E-state index is 13.6. The van der Waals surface area contributed by atoms with Crippen LogP contribution in [-0.4, -0.2) is 35.7 Å². The molecule has 0 aliphatic carbocycles. The lowest BCUT2D eigenvalue weighted by atomic mass is 10.0. The van der Waals surface area contributed by atoms with Crippen molar-refractivity contribution in [2.45, 2.75) is 6.04 Å². The van der Waals surface area contributed by atoms with Crippen molar-refractivity contribution in [1.82, 2.24) is 10.2 Å². The Morgan fingerprint density at radius 3 is 2.88 bits per heavy atom. The third-order valence-corrected chi connectivity index (χ3v) is 2.81. The minimum atomic E-state index is -1.10. The van der Waals surface area contributed by atoms with E-state index in [-0.39, 0.29) is 12.1 Å². The Morgan fingerprint density at radius 1 is 1.47 bits per heavy atom. The quantitative estimate of drug-likeness (QED) is 0.786. The smallest absolute Gasteiger partial charge is 0.407 e. The first-order chi connectivity index (χ1) is 8.09. The summed E-state index contributed by atoms with van der Waals surface area (Å²) in [6.45, 7) is 1.15. The van der Waals surface area contributed by atoms with E-state index in [0.29, 0.717) is 13.1 Å². The standard InChI is InChI=1S/C11H12F2N2O2/c12-7-1-2-8(9(13)5-7)10-6-14-3-4-15(10)11(16)17/h1-2,5,10,14H,3-4,6H2,(H,16,17). The minimum Gasteiger partial charge on any atom is -0.465 e. The predicted molar refractivity (Wildman–Crippen MR) is 56.7 cm³/mol. The third kappa shape index (κ3) is 2.36. The van der Waals surface area contributed by atoms with Crippen molar-refractivity contribution in [1.29, 1.82) is 0 Å². The second-order valence-corrected chi connectivity index (χ2v) is 3.86. The molecule has 1 aliphatic rings. The summed E-state index contributed by atoms with van der Waals surface area (Å²) in [6, 6.07) is 2.58. The molecule has 1 heterocycles. The summed E-state index contributed by atoms with van der Waals surface area (Å²) in [5.74, 6) is -1.39. The SMILES string of the molecule is O=C(O)N1CCNCC1c1ccc(F)cc1F. The summed E-state index contributed by atoms with van der Waals surface area (Å²) in [4.78, 5) is 12.2. The van der Waals surface area contributed by atoms with Gasteiger partial charge >= 0.3 is 6.09 Å². The summed E-state index contributed by atoms with van der Waals surface area (Å²) in [7, 11) is 0. The first-order valence-corrected chi connectivity index (χ1v) is 5.25. The average Bonchev–Trinajstić information content (AvgIpc) is 2.29. The highest BCUT2D eigenvalue weighted by Gasteiger charge is 2.29. The number of carboxylic acid groups (broad SMARTS) is 1. The molecular formula is C11H12F2N2O2. The fourth-order valence-electron chi connectivity index (χ4n) is 1.98. The van der Waals surface area contributed by atoms with Crippen LogP contribution in [0, 0.1) is 11.6 Å². The van der Waals surface area contributed by atoms with Crippen LogP contribution in [0.3, 0.4) is 0 Å². The van der Waals surface area contributed by atoms with Gasteiger partial charge in [-0.25, -0.2) is 13.6 Å². The second kappa shape index (κ2) is 4.67. The first kappa shape index (κ1) is 11.8. The van der Waals surface area contributed by atoms with Crippen LogP contribution in [0.1, 0.15) is 11.6 Å². The van der Waals surface area contributed by atoms with Gasteiger partial charge in [-0.2, -0.15) is 0 Å². The zero-order chi connectivity index (χ0) is 12.4. The van der Waals surface area contributed by atoms with Crippen LogP contribution in [-0.2, 0) is 0 Å². The molecule has 1 atom stereocenters. The molecule has 2 N–H and O–H groups in total. The lowest BCUT2D eigenvalue weighted by molar-refractivity contribution is 0.111. The van der Waals surface area contributed by atoms with Gasteiger partial charge in [0.1, 0.15) is 11.6 Å². The monoisotopic (exact) mass is 242 g/mol.